The number of nitrogens with one attached hydrogen (secondary N) is 2. The Morgan fingerprint density at radius 1 is 1.05 bits per heavy atom. The van der Waals surface area contributed by atoms with Gasteiger partial charge in [-0.2, -0.15) is 4.98 Å². The number of piperidine rings is 3. The van der Waals surface area contributed by atoms with Gasteiger partial charge in [0.25, 0.3) is 5.89 Å². The third kappa shape index (κ3) is 4.86. The van der Waals surface area contributed by atoms with Gasteiger partial charge in [-0.15, -0.1) is 0 Å². The van der Waals surface area contributed by atoms with Crippen LogP contribution < -0.4 is 16.1 Å². The minimum atomic E-state index is -0.939. The van der Waals surface area contributed by atoms with Crippen LogP contribution in [0.25, 0.3) is 11.5 Å². The van der Waals surface area contributed by atoms with Crippen molar-refractivity contribution in [2.24, 2.45) is 0 Å². The fourth-order valence-corrected chi connectivity index (χ4v) is 6.56. The van der Waals surface area contributed by atoms with Crippen molar-refractivity contribution in [2.45, 2.75) is 50.2 Å². The van der Waals surface area contributed by atoms with Crippen molar-refractivity contribution < 1.29 is 19.3 Å². The van der Waals surface area contributed by atoms with Crippen molar-refractivity contribution in [3.8, 4) is 11.5 Å². The van der Waals surface area contributed by atoms with Gasteiger partial charge in [0.05, 0.1) is 29.5 Å². The Morgan fingerprint density at radius 2 is 1.81 bits per heavy atom. The maximum Gasteiger partial charge on any atom is 0.492 e. The minimum Gasteiger partial charge on any atom is -0.423 e. The van der Waals surface area contributed by atoms with Crippen molar-refractivity contribution in [1.29, 1.82) is 0 Å². The topological polar surface area (TPSA) is 129 Å². The van der Waals surface area contributed by atoms with E-state index in [1.165, 1.54) is 0 Å². The van der Waals surface area contributed by atoms with E-state index in [1.54, 1.807) is 6.20 Å². The number of aromatic nitrogens is 3. The third-order valence-corrected chi connectivity index (χ3v) is 9.12. The third-order valence-electron chi connectivity index (χ3n) is 9.12. The highest BCUT2D eigenvalue weighted by molar-refractivity contribution is 6.62. The molecular weight excluding hydrogens is 531 g/mol. The number of aliphatic hydroxyl groups is 1. The highest BCUT2D eigenvalue weighted by Gasteiger charge is 2.44. The van der Waals surface area contributed by atoms with Gasteiger partial charge in [0, 0.05) is 23.4 Å². The van der Waals surface area contributed by atoms with Crippen molar-refractivity contribution in [2.75, 3.05) is 36.9 Å². The molecule has 0 radical (unpaired) electrons. The molecule has 3 fully saturated rings. The van der Waals surface area contributed by atoms with Gasteiger partial charge in [0.2, 0.25) is 0 Å². The molecule has 0 unspecified atom stereocenters. The molecule has 8 rings (SSSR count). The van der Waals surface area contributed by atoms with E-state index in [2.05, 4.69) is 20.7 Å². The smallest absolute Gasteiger partial charge is 0.423 e. The quantitative estimate of drug-likeness (QED) is 0.234. The Hall–Kier alpha value is -3.77. The van der Waals surface area contributed by atoms with Gasteiger partial charge >= 0.3 is 7.12 Å². The standard InChI is InChI=1S/C31H35BN6O4/c1-30(2)23-16-21(8-9-24(23)32(40)42-30)34-27-17-25(35-26(19-39)20-6-4-3-5-7-20)22(18-33-27)28-36-29(37-41-28)31-10-13-38(14-11-31)15-12-31/h3-9,16-18,26,39-40H,10-15,19H2,1-2H3,(H2,33,34,35)/t26-/m1/s1. The van der Waals surface area contributed by atoms with Crippen molar-refractivity contribution in [1.82, 2.24) is 20.0 Å². The number of nitrogens with zero attached hydrogens (tertiary/aromatic N) is 4. The molecule has 4 aliphatic rings. The van der Waals surface area contributed by atoms with Crippen LogP contribution in [0.1, 0.15) is 56.1 Å². The van der Waals surface area contributed by atoms with Crippen LogP contribution in [0.15, 0.2) is 65.3 Å². The number of benzene rings is 2. The lowest BCUT2D eigenvalue weighted by Crippen LogP contribution is -2.51. The maximum atomic E-state index is 10.3. The Morgan fingerprint density at radius 3 is 2.55 bits per heavy atom. The fourth-order valence-electron chi connectivity index (χ4n) is 6.56. The number of hydrogen-bond acceptors (Lipinski definition) is 10. The normalized spacial score (nSPS) is 23.0. The lowest BCUT2D eigenvalue weighted by atomic mass is 9.71. The van der Waals surface area contributed by atoms with Crippen LogP contribution in [-0.2, 0) is 15.7 Å². The summed E-state index contributed by atoms with van der Waals surface area (Å²) in [6.45, 7) is 6.98. The molecule has 4 N–H and O–H groups in total. The van der Waals surface area contributed by atoms with Crippen LogP contribution >= 0.6 is 0 Å². The molecular formula is C31H35BN6O4. The average Bonchev–Trinajstić information content (AvgIpc) is 3.60. The molecule has 4 aromatic rings. The van der Waals surface area contributed by atoms with E-state index >= 15 is 0 Å². The molecule has 3 saturated heterocycles. The number of aliphatic hydroxyl groups excluding tert-OH is 1. The summed E-state index contributed by atoms with van der Waals surface area (Å²) in [5.74, 6) is 1.78. The van der Waals surface area contributed by atoms with Crippen LogP contribution in [0.5, 0.6) is 0 Å². The predicted octanol–water partition coefficient (Wildman–Crippen LogP) is 3.71. The number of hydrogen-bond donors (Lipinski definition) is 4. The van der Waals surface area contributed by atoms with Crippen molar-refractivity contribution in [3.05, 3.63) is 77.7 Å². The summed E-state index contributed by atoms with van der Waals surface area (Å²) in [7, 11) is -0.939. The molecule has 10 nitrogen and oxygen atoms in total. The molecule has 6 heterocycles. The fraction of sp³-hybridized carbons (Fsp3) is 0.387. The molecule has 42 heavy (non-hydrogen) atoms. The number of anilines is 3. The second-order valence-electron chi connectivity index (χ2n) is 12.1. The monoisotopic (exact) mass is 566 g/mol. The molecule has 2 aromatic heterocycles. The maximum absolute atomic E-state index is 10.3. The predicted molar refractivity (Wildman–Crippen MR) is 161 cm³/mol. The molecule has 1 atom stereocenters. The van der Waals surface area contributed by atoms with Crippen LogP contribution in [0, 0.1) is 0 Å². The first-order chi connectivity index (χ1) is 20.3. The lowest BCUT2D eigenvalue weighted by molar-refractivity contribution is 0.0747. The zero-order chi connectivity index (χ0) is 28.9. The number of rotatable bonds is 8. The molecule has 2 bridgehead atoms. The zero-order valence-electron chi connectivity index (χ0n) is 23.9. The minimum absolute atomic E-state index is 0.0324. The Labute approximate surface area is 245 Å². The molecule has 11 heteroatoms. The highest BCUT2D eigenvalue weighted by Crippen LogP contribution is 2.42. The summed E-state index contributed by atoms with van der Waals surface area (Å²) < 4.78 is 11.6. The van der Waals surface area contributed by atoms with E-state index in [1.807, 2.05) is 68.4 Å². The molecule has 2 aromatic carbocycles. The second-order valence-corrected chi connectivity index (χ2v) is 12.1. The van der Waals surface area contributed by atoms with E-state index in [9.17, 15) is 10.1 Å². The molecule has 4 aliphatic heterocycles. The summed E-state index contributed by atoms with van der Waals surface area (Å²) in [5.41, 5.74) is 4.20. The Balaban J connectivity index is 1.23. The van der Waals surface area contributed by atoms with Crippen molar-refractivity contribution >= 4 is 29.8 Å². The van der Waals surface area contributed by atoms with E-state index in [4.69, 9.17) is 19.1 Å². The highest BCUT2D eigenvalue weighted by atomic mass is 16.5. The van der Waals surface area contributed by atoms with E-state index in [0.717, 1.165) is 67.0 Å². The summed E-state index contributed by atoms with van der Waals surface area (Å²) in [4.78, 5) is 12.1. The lowest BCUT2D eigenvalue weighted by Gasteiger charge is -2.46. The summed E-state index contributed by atoms with van der Waals surface area (Å²) in [6, 6.07) is 17.1. The second kappa shape index (κ2) is 10.5. The van der Waals surface area contributed by atoms with Crippen LogP contribution in [0.3, 0.4) is 0 Å². The van der Waals surface area contributed by atoms with Crippen LogP contribution in [0.2, 0.25) is 0 Å². The van der Waals surface area contributed by atoms with Gasteiger partial charge in [0.15, 0.2) is 5.82 Å². The van der Waals surface area contributed by atoms with Gasteiger partial charge in [-0.25, -0.2) is 4.98 Å². The first-order valence-electron chi connectivity index (χ1n) is 14.6. The van der Waals surface area contributed by atoms with Crippen LogP contribution in [0.4, 0.5) is 17.2 Å². The molecule has 216 valence electrons. The van der Waals surface area contributed by atoms with Gasteiger partial charge in [-0.05, 0) is 81.5 Å². The van der Waals surface area contributed by atoms with Gasteiger partial charge in [0.1, 0.15) is 5.82 Å². The average molecular weight is 566 g/mol. The van der Waals surface area contributed by atoms with E-state index in [-0.39, 0.29) is 18.1 Å². The Kier molecular flexibility index (Phi) is 6.77. The van der Waals surface area contributed by atoms with E-state index in [0.29, 0.717) is 23.0 Å². The number of pyridine rings is 1. The first kappa shape index (κ1) is 27.1. The van der Waals surface area contributed by atoms with Gasteiger partial charge in [-0.3, -0.25) is 0 Å². The van der Waals surface area contributed by atoms with E-state index < -0.39 is 12.7 Å². The molecule has 0 saturated carbocycles. The zero-order valence-corrected chi connectivity index (χ0v) is 23.9. The number of fused-ring (bicyclic) bond motifs is 4. The first-order valence-corrected chi connectivity index (χ1v) is 14.6. The summed E-state index contributed by atoms with van der Waals surface area (Å²) >= 11 is 0. The van der Waals surface area contributed by atoms with Gasteiger partial charge in [-0.1, -0.05) is 41.6 Å². The van der Waals surface area contributed by atoms with Gasteiger partial charge < -0.3 is 34.8 Å². The summed E-state index contributed by atoms with van der Waals surface area (Å²) in [6.07, 6.45) is 4.85. The summed E-state index contributed by atoms with van der Waals surface area (Å²) in [5, 5.41) is 32.0. The molecule has 0 amide bonds. The largest absolute Gasteiger partial charge is 0.492 e. The van der Waals surface area contributed by atoms with Crippen molar-refractivity contribution in [3.63, 3.8) is 0 Å². The Bertz CT molecular complexity index is 1570. The molecule has 0 spiro atoms. The molecule has 0 aliphatic carbocycles. The SMILES string of the molecule is CC1(C)OB(O)c2ccc(Nc3cc(N[C@H](CO)c4ccccc4)c(-c4nc(C56CCN(CC5)CC6)no4)cn3)cc21. The van der Waals surface area contributed by atoms with Crippen LogP contribution in [-0.4, -0.2) is 63.5 Å².